The molecule has 2 fully saturated rings. The molecule has 1 aromatic carbocycles. The molecular formula is C21H24FN3O4. The van der Waals surface area contributed by atoms with Gasteiger partial charge in [0.25, 0.3) is 5.56 Å². The lowest BCUT2D eigenvalue weighted by Gasteiger charge is -2.35. The number of carbonyl (C=O) groups excluding carboxylic acids is 1. The van der Waals surface area contributed by atoms with E-state index in [0.29, 0.717) is 37.4 Å². The molecule has 0 bridgehead atoms. The number of aryl methyl sites for hydroxylation is 1. The Balaban J connectivity index is 1.39. The van der Waals surface area contributed by atoms with Crippen molar-refractivity contribution in [1.82, 2.24) is 14.7 Å². The minimum Gasteiger partial charge on any atom is -0.488 e. The highest BCUT2D eigenvalue weighted by atomic mass is 19.1. The fraction of sp³-hybridized carbons (Fsp3) is 0.476. The highest BCUT2D eigenvalue weighted by Crippen LogP contribution is 2.38. The molecule has 0 radical (unpaired) electrons. The van der Waals surface area contributed by atoms with Crippen LogP contribution in [-0.2, 0) is 11.3 Å². The van der Waals surface area contributed by atoms with Crippen molar-refractivity contribution in [2.75, 3.05) is 13.1 Å². The quantitative estimate of drug-likeness (QED) is 0.837. The van der Waals surface area contributed by atoms with Crippen LogP contribution in [0.25, 0.3) is 0 Å². The van der Waals surface area contributed by atoms with Gasteiger partial charge in [-0.25, -0.2) is 9.07 Å². The van der Waals surface area contributed by atoms with Crippen LogP contribution in [0.5, 0.6) is 5.75 Å². The van der Waals surface area contributed by atoms with E-state index in [0.717, 1.165) is 0 Å². The number of hydrogen-bond acceptors (Lipinski definition) is 5. The number of carbonyl (C=O) groups is 1. The van der Waals surface area contributed by atoms with Gasteiger partial charge in [-0.2, -0.15) is 5.10 Å². The molecule has 7 nitrogen and oxygen atoms in total. The lowest BCUT2D eigenvalue weighted by atomic mass is 9.78. The third-order valence-electron chi connectivity index (χ3n) is 5.82. The van der Waals surface area contributed by atoms with Crippen molar-refractivity contribution < 1.29 is 19.0 Å². The first kappa shape index (κ1) is 19.6. The van der Waals surface area contributed by atoms with Crippen molar-refractivity contribution in [3.63, 3.8) is 0 Å². The molecule has 8 heteroatoms. The largest absolute Gasteiger partial charge is 0.488 e. The van der Waals surface area contributed by atoms with E-state index in [4.69, 9.17) is 4.74 Å². The standard InChI is InChI=1S/C21H24FN3O4/c1-13-2-7-20(27)25(23-13)12-21(28)24-10-14-8-18(26)19(9-15(14)11-24)29-17-5-3-16(22)4-6-17/h2-7,14-15,18-19,26H,8-12H2,1H3/t14-,15+,18+,19+/m0/s1. The van der Waals surface area contributed by atoms with Gasteiger partial charge in [-0.05, 0) is 61.9 Å². The van der Waals surface area contributed by atoms with Crippen LogP contribution < -0.4 is 10.3 Å². The van der Waals surface area contributed by atoms with E-state index in [9.17, 15) is 19.1 Å². The van der Waals surface area contributed by atoms with E-state index in [1.54, 1.807) is 30.0 Å². The lowest BCUT2D eigenvalue weighted by Crippen LogP contribution is -2.42. The molecule has 4 rings (SSSR count). The molecular weight excluding hydrogens is 377 g/mol. The Morgan fingerprint density at radius 2 is 1.86 bits per heavy atom. The molecule has 1 amide bonds. The predicted molar refractivity (Wildman–Crippen MR) is 103 cm³/mol. The van der Waals surface area contributed by atoms with Crippen LogP contribution in [0.3, 0.4) is 0 Å². The van der Waals surface area contributed by atoms with Crippen LogP contribution in [0.1, 0.15) is 18.5 Å². The Morgan fingerprint density at radius 1 is 1.17 bits per heavy atom. The molecule has 0 spiro atoms. The van der Waals surface area contributed by atoms with Gasteiger partial charge in [0.2, 0.25) is 5.91 Å². The summed E-state index contributed by atoms with van der Waals surface area (Å²) in [5.41, 5.74) is 0.375. The maximum Gasteiger partial charge on any atom is 0.267 e. The fourth-order valence-electron chi connectivity index (χ4n) is 4.30. The van der Waals surface area contributed by atoms with E-state index >= 15 is 0 Å². The van der Waals surface area contributed by atoms with Crippen molar-refractivity contribution in [3.8, 4) is 5.75 Å². The number of rotatable bonds is 4. The number of aromatic nitrogens is 2. The molecule has 1 saturated heterocycles. The van der Waals surface area contributed by atoms with Gasteiger partial charge in [-0.3, -0.25) is 9.59 Å². The van der Waals surface area contributed by atoms with Gasteiger partial charge in [0.15, 0.2) is 0 Å². The molecule has 2 aromatic rings. The predicted octanol–water partition coefficient (Wildman–Crippen LogP) is 1.37. The summed E-state index contributed by atoms with van der Waals surface area (Å²) in [6.45, 7) is 2.82. The summed E-state index contributed by atoms with van der Waals surface area (Å²) in [5.74, 6) is 0.447. The van der Waals surface area contributed by atoms with Crippen LogP contribution in [0, 0.1) is 24.6 Å². The molecule has 0 unspecified atom stereocenters. The Bertz CT molecular complexity index is 946. The zero-order valence-corrected chi connectivity index (χ0v) is 16.2. The first-order valence-corrected chi connectivity index (χ1v) is 9.82. The van der Waals surface area contributed by atoms with E-state index in [-0.39, 0.29) is 35.7 Å². The molecule has 1 aliphatic heterocycles. The average molecular weight is 401 g/mol. The number of ether oxygens (including phenoxy) is 1. The van der Waals surface area contributed by atoms with Crippen molar-refractivity contribution >= 4 is 5.91 Å². The van der Waals surface area contributed by atoms with E-state index in [1.165, 1.54) is 22.9 Å². The van der Waals surface area contributed by atoms with Crippen LogP contribution in [0.2, 0.25) is 0 Å². The maximum absolute atomic E-state index is 13.1. The molecule has 29 heavy (non-hydrogen) atoms. The Kier molecular flexibility index (Phi) is 5.36. The van der Waals surface area contributed by atoms with Crippen molar-refractivity contribution in [3.05, 3.63) is 58.3 Å². The molecule has 1 aromatic heterocycles. The van der Waals surface area contributed by atoms with Gasteiger partial charge in [0.1, 0.15) is 24.2 Å². The fourth-order valence-corrected chi connectivity index (χ4v) is 4.30. The summed E-state index contributed by atoms with van der Waals surface area (Å²) < 4.78 is 20.1. The van der Waals surface area contributed by atoms with Crippen molar-refractivity contribution in [1.29, 1.82) is 0 Å². The molecule has 1 aliphatic carbocycles. The third kappa shape index (κ3) is 4.32. The monoisotopic (exact) mass is 401 g/mol. The van der Waals surface area contributed by atoms with E-state index in [2.05, 4.69) is 5.10 Å². The van der Waals surface area contributed by atoms with Crippen LogP contribution >= 0.6 is 0 Å². The minimum absolute atomic E-state index is 0.0853. The highest BCUT2D eigenvalue weighted by Gasteiger charge is 2.43. The molecule has 1 N–H and O–H groups in total. The number of aliphatic hydroxyl groups excluding tert-OH is 1. The second kappa shape index (κ2) is 7.94. The van der Waals surface area contributed by atoms with Gasteiger partial charge in [0.05, 0.1) is 11.8 Å². The Labute approximate surface area is 167 Å². The summed E-state index contributed by atoms with van der Waals surface area (Å²) in [5, 5.41) is 14.6. The number of fused-ring (bicyclic) bond motifs is 1. The van der Waals surface area contributed by atoms with Crippen LogP contribution in [0.4, 0.5) is 4.39 Å². The van der Waals surface area contributed by atoms with Crippen molar-refractivity contribution in [2.24, 2.45) is 11.8 Å². The van der Waals surface area contributed by atoms with Crippen molar-refractivity contribution in [2.45, 2.75) is 38.5 Å². The topological polar surface area (TPSA) is 84.7 Å². The van der Waals surface area contributed by atoms with Gasteiger partial charge >= 0.3 is 0 Å². The number of hydrogen-bond donors (Lipinski definition) is 1. The number of nitrogens with zero attached hydrogens (tertiary/aromatic N) is 3. The first-order valence-electron chi connectivity index (χ1n) is 9.82. The van der Waals surface area contributed by atoms with Gasteiger partial charge < -0.3 is 14.7 Å². The van der Waals surface area contributed by atoms with E-state index in [1.807, 2.05) is 0 Å². The average Bonchev–Trinajstić information content (AvgIpc) is 3.09. The molecule has 2 aliphatic rings. The SMILES string of the molecule is Cc1ccc(=O)n(CC(=O)N2C[C@H]3C[C@@H](Oc4ccc(F)cc4)[C@H](O)C[C@H]3C2)n1. The summed E-state index contributed by atoms with van der Waals surface area (Å²) in [6, 6.07) is 8.77. The summed E-state index contributed by atoms with van der Waals surface area (Å²) in [6.07, 6.45) is 0.133. The number of benzene rings is 1. The Hall–Kier alpha value is -2.74. The molecule has 4 atom stereocenters. The lowest BCUT2D eigenvalue weighted by molar-refractivity contribution is -0.131. The zero-order chi connectivity index (χ0) is 20.5. The van der Waals surface area contributed by atoms with Crippen LogP contribution in [-0.4, -0.2) is 51.0 Å². The maximum atomic E-state index is 13.1. The number of aliphatic hydroxyl groups is 1. The van der Waals surface area contributed by atoms with Gasteiger partial charge in [-0.1, -0.05) is 0 Å². The normalized spacial score (nSPS) is 26.2. The minimum atomic E-state index is -0.641. The molecule has 154 valence electrons. The van der Waals surface area contributed by atoms with Gasteiger partial charge in [0, 0.05) is 19.2 Å². The third-order valence-corrected chi connectivity index (χ3v) is 5.82. The summed E-state index contributed by atoms with van der Waals surface area (Å²) in [7, 11) is 0. The van der Waals surface area contributed by atoms with Crippen LogP contribution in [0.15, 0.2) is 41.2 Å². The highest BCUT2D eigenvalue weighted by molar-refractivity contribution is 5.76. The summed E-state index contributed by atoms with van der Waals surface area (Å²) >= 11 is 0. The molecule has 2 heterocycles. The number of halogens is 1. The second-order valence-corrected chi connectivity index (χ2v) is 7.94. The first-order chi connectivity index (χ1) is 13.9. The smallest absolute Gasteiger partial charge is 0.267 e. The number of likely N-dealkylation sites (tertiary alicyclic amines) is 1. The van der Waals surface area contributed by atoms with E-state index < -0.39 is 12.2 Å². The zero-order valence-electron chi connectivity index (χ0n) is 16.2. The second-order valence-electron chi connectivity index (χ2n) is 7.94. The number of amides is 1. The van der Waals surface area contributed by atoms with Gasteiger partial charge in [-0.15, -0.1) is 0 Å². The molecule has 1 saturated carbocycles. The summed E-state index contributed by atoms with van der Waals surface area (Å²) in [4.78, 5) is 26.4. The Morgan fingerprint density at radius 3 is 2.59 bits per heavy atom.